The number of hydrogen-bond acceptors (Lipinski definition) is 4. The first-order valence-electron chi connectivity index (χ1n) is 6.77. The second-order valence-corrected chi connectivity index (χ2v) is 5.02. The molecule has 0 radical (unpaired) electrons. The number of rotatable bonds is 5. The summed E-state index contributed by atoms with van der Waals surface area (Å²) in [5.74, 6) is 0.825. The molecule has 1 aliphatic heterocycles. The summed E-state index contributed by atoms with van der Waals surface area (Å²) in [7, 11) is 1.75. The molecule has 2 rings (SSSR count). The van der Waals surface area contributed by atoms with Crippen LogP contribution in [0.4, 0.5) is 0 Å². The van der Waals surface area contributed by atoms with Gasteiger partial charge in [-0.25, -0.2) is 0 Å². The van der Waals surface area contributed by atoms with Crippen LogP contribution in [0.5, 0.6) is 0 Å². The zero-order valence-corrected chi connectivity index (χ0v) is 11.6. The fourth-order valence-electron chi connectivity index (χ4n) is 2.40. The van der Waals surface area contributed by atoms with Crippen molar-refractivity contribution in [1.82, 2.24) is 10.2 Å². The van der Waals surface area contributed by atoms with Gasteiger partial charge in [0.1, 0.15) is 5.76 Å². The van der Waals surface area contributed by atoms with Crippen LogP contribution in [-0.4, -0.2) is 43.7 Å². The Morgan fingerprint density at radius 3 is 2.89 bits per heavy atom. The molecule has 1 aromatic rings. The Labute approximate surface area is 113 Å². The zero-order chi connectivity index (χ0) is 13.7. The first-order chi connectivity index (χ1) is 9.19. The molecule has 0 aromatic carbocycles. The number of carbonyl (C=O) groups is 1. The average Bonchev–Trinajstić information content (AvgIpc) is 2.93. The van der Waals surface area contributed by atoms with Gasteiger partial charge in [-0.05, 0) is 31.9 Å². The molecule has 5 nitrogen and oxygen atoms in total. The van der Waals surface area contributed by atoms with E-state index in [1.54, 1.807) is 13.4 Å². The molecule has 1 fully saturated rings. The lowest BCUT2D eigenvalue weighted by atomic mass is 10.1. The van der Waals surface area contributed by atoms with Crippen LogP contribution in [0.1, 0.15) is 31.6 Å². The van der Waals surface area contributed by atoms with Gasteiger partial charge in [-0.2, -0.15) is 0 Å². The normalized spacial score (nSPS) is 19.3. The van der Waals surface area contributed by atoms with Crippen molar-refractivity contribution in [2.75, 3.05) is 26.7 Å². The van der Waals surface area contributed by atoms with Gasteiger partial charge in [0.25, 0.3) is 0 Å². The summed E-state index contributed by atoms with van der Waals surface area (Å²) in [4.78, 5) is 14.1. The number of furan rings is 1. The summed E-state index contributed by atoms with van der Waals surface area (Å²) in [5, 5.41) is 2.95. The molecule has 106 valence electrons. The minimum absolute atomic E-state index is 0.0415. The van der Waals surface area contributed by atoms with Gasteiger partial charge >= 0.3 is 0 Å². The third kappa shape index (κ3) is 4.08. The van der Waals surface area contributed by atoms with E-state index in [1.165, 1.54) is 0 Å². The molecule has 0 aliphatic carbocycles. The topological polar surface area (TPSA) is 54.7 Å². The van der Waals surface area contributed by atoms with Crippen molar-refractivity contribution in [1.29, 1.82) is 0 Å². The van der Waals surface area contributed by atoms with Gasteiger partial charge in [0.05, 0.1) is 25.0 Å². The van der Waals surface area contributed by atoms with E-state index in [0.29, 0.717) is 12.6 Å². The van der Waals surface area contributed by atoms with Crippen LogP contribution < -0.4 is 5.32 Å². The second kappa shape index (κ2) is 6.73. The molecule has 0 spiro atoms. The molecular formula is C14H22N2O3. The highest BCUT2D eigenvalue weighted by atomic mass is 16.5. The second-order valence-electron chi connectivity index (χ2n) is 5.02. The highest BCUT2D eigenvalue weighted by molar-refractivity contribution is 5.78. The molecule has 0 bridgehead atoms. The summed E-state index contributed by atoms with van der Waals surface area (Å²) in [6.07, 6.45) is 3.96. The van der Waals surface area contributed by atoms with Gasteiger partial charge in [0.2, 0.25) is 5.91 Å². The Morgan fingerprint density at radius 1 is 1.58 bits per heavy atom. The van der Waals surface area contributed by atoms with Crippen LogP contribution in [0.15, 0.2) is 22.8 Å². The molecule has 1 aliphatic rings. The first kappa shape index (κ1) is 14.1. The molecule has 1 N–H and O–H groups in total. The number of piperidine rings is 1. The lowest BCUT2D eigenvalue weighted by molar-refractivity contribution is -0.123. The van der Waals surface area contributed by atoms with Gasteiger partial charge in [0, 0.05) is 20.2 Å². The van der Waals surface area contributed by atoms with Crippen molar-refractivity contribution in [3.63, 3.8) is 0 Å². The van der Waals surface area contributed by atoms with Crippen LogP contribution in [0.3, 0.4) is 0 Å². The van der Waals surface area contributed by atoms with E-state index in [2.05, 4.69) is 10.2 Å². The lowest BCUT2D eigenvalue weighted by Gasteiger charge is -2.30. The van der Waals surface area contributed by atoms with Crippen molar-refractivity contribution < 1.29 is 13.9 Å². The predicted octanol–water partition coefficient (Wildman–Crippen LogP) is 1.57. The zero-order valence-electron chi connectivity index (χ0n) is 11.6. The maximum atomic E-state index is 11.9. The molecule has 2 heterocycles. The van der Waals surface area contributed by atoms with E-state index < -0.39 is 0 Å². The van der Waals surface area contributed by atoms with Crippen molar-refractivity contribution >= 4 is 5.91 Å². The standard InChI is InChI=1S/C14H22N2O3/c1-11(13-4-3-9-19-13)15-14(17)10-16-7-5-12(18-2)6-8-16/h3-4,9,11-12H,5-8,10H2,1-2H3,(H,15,17). The molecule has 1 unspecified atom stereocenters. The third-order valence-electron chi connectivity index (χ3n) is 3.58. The van der Waals surface area contributed by atoms with Crippen molar-refractivity contribution in [2.24, 2.45) is 0 Å². The Hall–Kier alpha value is -1.33. The van der Waals surface area contributed by atoms with E-state index in [0.717, 1.165) is 31.7 Å². The van der Waals surface area contributed by atoms with Gasteiger partial charge < -0.3 is 14.5 Å². The third-order valence-corrected chi connectivity index (χ3v) is 3.58. The lowest BCUT2D eigenvalue weighted by Crippen LogP contribution is -2.43. The van der Waals surface area contributed by atoms with Crippen LogP contribution in [0, 0.1) is 0 Å². The molecule has 1 amide bonds. The van der Waals surface area contributed by atoms with Gasteiger partial charge in [-0.1, -0.05) is 0 Å². The van der Waals surface area contributed by atoms with E-state index >= 15 is 0 Å². The number of nitrogens with one attached hydrogen (secondary N) is 1. The summed E-state index contributed by atoms with van der Waals surface area (Å²) in [5.41, 5.74) is 0. The Bertz CT molecular complexity index is 383. The largest absolute Gasteiger partial charge is 0.467 e. The minimum atomic E-state index is -0.0842. The quantitative estimate of drug-likeness (QED) is 0.879. The molecule has 1 aromatic heterocycles. The van der Waals surface area contributed by atoms with Gasteiger partial charge in [-0.15, -0.1) is 0 Å². The summed E-state index contributed by atoms with van der Waals surface area (Å²) in [6.45, 7) is 4.21. The van der Waals surface area contributed by atoms with Crippen molar-refractivity contribution in [2.45, 2.75) is 31.9 Å². The highest BCUT2D eigenvalue weighted by Crippen LogP contribution is 2.14. The van der Waals surface area contributed by atoms with E-state index in [9.17, 15) is 4.79 Å². The fourth-order valence-corrected chi connectivity index (χ4v) is 2.40. The van der Waals surface area contributed by atoms with Crippen LogP contribution >= 0.6 is 0 Å². The van der Waals surface area contributed by atoms with Gasteiger partial charge in [0.15, 0.2) is 0 Å². The molecule has 0 saturated carbocycles. The molecular weight excluding hydrogens is 244 g/mol. The van der Waals surface area contributed by atoms with Crippen LogP contribution in [0.2, 0.25) is 0 Å². The number of likely N-dealkylation sites (tertiary alicyclic amines) is 1. The van der Waals surface area contributed by atoms with Crippen molar-refractivity contribution in [3.8, 4) is 0 Å². The molecule has 1 atom stereocenters. The van der Waals surface area contributed by atoms with Crippen LogP contribution in [-0.2, 0) is 9.53 Å². The fraction of sp³-hybridized carbons (Fsp3) is 0.643. The first-order valence-corrected chi connectivity index (χ1v) is 6.77. The Balaban J connectivity index is 1.73. The number of amides is 1. The number of hydrogen-bond donors (Lipinski definition) is 1. The number of nitrogens with zero attached hydrogens (tertiary/aromatic N) is 1. The summed E-state index contributed by atoms with van der Waals surface area (Å²) >= 11 is 0. The van der Waals surface area contributed by atoms with Crippen LogP contribution in [0.25, 0.3) is 0 Å². The number of methoxy groups -OCH3 is 1. The number of ether oxygens (including phenoxy) is 1. The minimum Gasteiger partial charge on any atom is -0.467 e. The average molecular weight is 266 g/mol. The monoisotopic (exact) mass is 266 g/mol. The molecule has 5 heteroatoms. The smallest absolute Gasteiger partial charge is 0.234 e. The highest BCUT2D eigenvalue weighted by Gasteiger charge is 2.21. The van der Waals surface area contributed by atoms with Crippen molar-refractivity contribution in [3.05, 3.63) is 24.2 Å². The number of carbonyl (C=O) groups excluding carboxylic acids is 1. The predicted molar refractivity (Wildman–Crippen MR) is 71.7 cm³/mol. The molecule has 19 heavy (non-hydrogen) atoms. The van der Waals surface area contributed by atoms with Gasteiger partial charge in [-0.3, -0.25) is 9.69 Å². The summed E-state index contributed by atoms with van der Waals surface area (Å²) < 4.78 is 10.6. The maximum absolute atomic E-state index is 11.9. The molecule has 1 saturated heterocycles. The maximum Gasteiger partial charge on any atom is 0.234 e. The Morgan fingerprint density at radius 2 is 2.32 bits per heavy atom. The van der Waals surface area contributed by atoms with E-state index in [1.807, 2.05) is 19.1 Å². The SMILES string of the molecule is COC1CCN(CC(=O)NC(C)c2ccco2)CC1. The van der Waals surface area contributed by atoms with E-state index in [4.69, 9.17) is 9.15 Å². The Kier molecular flexibility index (Phi) is 4.99. The summed E-state index contributed by atoms with van der Waals surface area (Å²) in [6, 6.07) is 3.61. The van der Waals surface area contributed by atoms with E-state index in [-0.39, 0.29) is 11.9 Å².